The molecule has 1 atom stereocenters. The van der Waals surface area contributed by atoms with E-state index in [1.54, 1.807) is 23.9 Å². The lowest BCUT2D eigenvalue weighted by atomic mass is 10.1. The van der Waals surface area contributed by atoms with E-state index in [2.05, 4.69) is 10.4 Å². The van der Waals surface area contributed by atoms with Crippen LogP contribution in [0.5, 0.6) is 5.88 Å². The monoisotopic (exact) mass is 295 g/mol. The topological polar surface area (TPSA) is 59.3 Å². The van der Waals surface area contributed by atoms with Gasteiger partial charge in [-0.05, 0) is 31.2 Å². The zero-order chi connectivity index (χ0) is 14.7. The van der Waals surface area contributed by atoms with Gasteiger partial charge in [-0.25, -0.2) is 4.68 Å². The first-order valence-corrected chi connectivity index (χ1v) is 6.65. The molecular formula is C14H18ClN3O2. The minimum Gasteiger partial charge on any atom is -0.481 e. The fourth-order valence-electron chi connectivity index (χ4n) is 2.25. The highest BCUT2D eigenvalue weighted by atomic mass is 35.5. The highest BCUT2D eigenvalue weighted by Gasteiger charge is 2.22. The summed E-state index contributed by atoms with van der Waals surface area (Å²) in [5, 5.41) is 17.9. The summed E-state index contributed by atoms with van der Waals surface area (Å²) in [6.07, 6.45) is 0. The number of aliphatic hydroxyl groups is 1. The Bertz CT molecular complexity index is 581. The zero-order valence-electron chi connectivity index (χ0n) is 11.7. The normalized spacial score (nSPS) is 12.2. The molecule has 0 saturated carbocycles. The van der Waals surface area contributed by atoms with Crippen LogP contribution in [0.1, 0.15) is 17.3 Å². The number of methoxy groups -OCH3 is 1. The Morgan fingerprint density at radius 3 is 2.60 bits per heavy atom. The van der Waals surface area contributed by atoms with Gasteiger partial charge in [0, 0.05) is 17.8 Å². The molecule has 2 aromatic rings. The average molecular weight is 296 g/mol. The lowest BCUT2D eigenvalue weighted by Crippen LogP contribution is -2.16. The zero-order valence-corrected chi connectivity index (χ0v) is 12.5. The van der Waals surface area contributed by atoms with Gasteiger partial charge in [0.25, 0.3) is 0 Å². The van der Waals surface area contributed by atoms with Gasteiger partial charge in [0.2, 0.25) is 5.88 Å². The number of nitrogens with zero attached hydrogens (tertiary/aromatic N) is 2. The highest BCUT2D eigenvalue weighted by Crippen LogP contribution is 2.30. The highest BCUT2D eigenvalue weighted by molar-refractivity contribution is 6.30. The maximum Gasteiger partial charge on any atom is 0.216 e. The van der Waals surface area contributed by atoms with Gasteiger partial charge < -0.3 is 15.2 Å². The lowest BCUT2D eigenvalue weighted by molar-refractivity contribution is 0.271. The van der Waals surface area contributed by atoms with Crippen LogP contribution in [0.4, 0.5) is 5.69 Å². The number of rotatable bonds is 5. The van der Waals surface area contributed by atoms with E-state index < -0.39 is 0 Å². The Morgan fingerprint density at radius 2 is 2.05 bits per heavy atom. The van der Waals surface area contributed by atoms with Crippen molar-refractivity contribution in [2.45, 2.75) is 13.0 Å². The van der Waals surface area contributed by atoms with Crippen LogP contribution in [0.2, 0.25) is 5.02 Å². The number of benzene rings is 1. The van der Waals surface area contributed by atoms with E-state index >= 15 is 0 Å². The number of anilines is 1. The van der Waals surface area contributed by atoms with Gasteiger partial charge in [-0.3, -0.25) is 0 Å². The Labute approximate surface area is 123 Å². The van der Waals surface area contributed by atoms with E-state index in [1.807, 2.05) is 26.1 Å². The number of hydrogen-bond donors (Lipinski definition) is 2. The molecule has 1 heterocycles. The molecule has 0 spiro atoms. The fourth-order valence-corrected chi connectivity index (χ4v) is 2.38. The van der Waals surface area contributed by atoms with Crippen molar-refractivity contribution >= 4 is 17.3 Å². The summed E-state index contributed by atoms with van der Waals surface area (Å²) in [6, 6.07) is 7.03. The Hall–Kier alpha value is -1.72. The van der Waals surface area contributed by atoms with E-state index in [4.69, 9.17) is 16.3 Å². The summed E-state index contributed by atoms with van der Waals surface area (Å²) >= 11 is 5.86. The molecule has 0 amide bonds. The van der Waals surface area contributed by atoms with Crippen molar-refractivity contribution in [2.75, 3.05) is 19.0 Å². The minimum atomic E-state index is -0.292. The second-order valence-corrected chi connectivity index (χ2v) is 4.95. The third-order valence-corrected chi connectivity index (χ3v) is 3.38. The number of hydrogen-bond acceptors (Lipinski definition) is 4. The fraction of sp³-hybridized carbons (Fsp3) is 0.357. The van der Waals surface area contributed by atoms with E-state index in [0.717, 1.165) is 16.9 Å². The first-order valence-electron chi connectivity index (χ1n) is 6.27. The van der Waals surface area contributed by atoms with Gasteiger partial charge in [0.15, 0.2) is 0 Å². The lowest BCUT2D eigenvalue weighted by Gasteiger charge is -2.18. The molecule has 0 fully saturated rings. The van der Waals surface area contributed by atoms with Crippen LogP contribution in [0.25, 0.3) is 0 Å². The van der Waals surface area contributed by atoms with Crippen LogP contribution in [0.15, 0.2) is 24.3 Å². The van der Waals surface area contributed by atoms with Crippen molar-refractivity contribution in [3.8, 4) is 5.88 Å². The quantitative estimate of drug-likeness (QED) is 0.890. The molecule has 5 nitrogen and oxygen atoms in total. The molecule has 1 aromatic heterocycles. The van der Waals surface area contributed by atoms with Crippen molar-refractivity contribution in [3.63, 3.8) is 0 Å². The number of nitrogens with one attached hydrogen (secondary N) is 1. The van der Waals surface area contributed by atoms with Crippen LogP contribution in [-0.2, 0) is 7.05 Å². The van der Waals surface area contributed by atoms with Crippen molar-refractivity contribution in [2.24, 2.45) is 7.05 Å². The molecule has 0 saturated heterocycles. The molecule has 0 aliphatic heterocycles. The molecule has 1 aromatic carbocycles. The summed E-state index contributed by atoms with van der Waals surface area (Å²) in [5.41, 5.74) is 2.55. The summed E-state index contributed by atoms with van der Waals surface area (Å²) in [4.78, 5) is 0. The summed E-state index contributed by atoms with van der Waals surface area (Å²) in [5.74, 6) is 0.642. The van der Waals surface area contributed by atoms with Crippen LogP contribution >= 0.6 is 11.6 Å². The number of aryl methyl sites for hydroxylation is 2. The van der Waals surface area contributed by atoms with Gasteiger partial charge in [-0.15, -0.1) is 0 Å². The van der Waals surface area contributed by atoms with E-state index in [9.17, 15) is 5.11 Å². The molecule has 6 heteroatoms. The third-order valence-electron chi connectivity index (χ3n) is 3.12. The molecule has 0 aliphatic rings. The maximum atomic E-state index is 9.67. The SMILES string of the molecule is COc1c(C(CO)Nc2ccc(Cl)cc2)c(C)nn1C. The predicted octanol–water partition coefficient (Wildman–Crippen LogP) is 2.54. The summed E-state index contributed by atoms with van der Waals surface area (Å²) < 4.78 is 7.03. The average Bonchev–Trinajstić information content (AvgIpc) is 2.72. The van der Waals surface area contributed by atoms with Gasteiger partial charge in [-0.2, -0.15) is 5.10 Å². The predicted molar refractivity (Wildman–Crippen MR) is 79.4 cm³/mol. The van der Waals surface area contributed by atoms with Crippen LogP contribution in [-0.4, -0.2) is 28.6 Å². The van der Waals surface area contributed by atoms with E-state index in [-0.39, 0.29) is 12.6 Å². The molecule has 2 rings (SSSR count). The third kappa shape index (κ3) is 2.89. The molecule has 0 bridgehead atoms. The first kappa shape index (κ1) is 14.7. The van der Waals surface area contributed by atoms with Gasteiger partial charge in [0.05, 0.1) is 31.0 Å². The molecular weight excluding hydrogens is 278 g/mol. The standard InChI is InChI=1S/C14H18ClN3O2/c1-9-13(14(20-3)18(2)17-9)12(8-19)16-11-6-4-10(15)5-7-11/h4-7,12,16,19H,8H2,1-3H3. The second kappa shape index (κ2) is 6.15. The van der Waals surface area contributed by atoms with Crippen LogP contribution in [0, 0.1) is 6.92 Å². The first-order chi connectivity index (χ1) is 9.56. The van der Waals surface area contributed by atoms with Crippen molar-refractivity contribution in [1.82, 2.24) is 9.78 Å². The van der Waals surface area contributed by atoms with Gasteiger partial charge in [0.1, 0.15) is 0 Å². The Kier molecular flexibility index (Phi) is 4.52. The Balaban J connectivity index is 2.30. The molecule has 2 N–H and O–H groups in total. The van der Waals surface area contributed by atoms with Crippen molar-refractivity contribution in [1.29, 1.82) is 0 Å². The Morgan fingerprint density at radius 1 is 1.40 bits per heavy atom. The smallest absolute Gasteiger partial charge is 0.216 e. The number of halogens is 1. The van der Waals surface area contributed by atoms with Gasteiger partial charge in [-0.1, -0.05) is 11.6 Å². The van der Waals surface area contributed by atoms with Crippen LogP contribution in [0.3, 0.4) is 0 Å². The van der Waals surface area contributed by atoms with Crippen LogP contribution < -0.4 is 10.1 Å². The molecule has 1 unspecified atom stereocenters. The number of aromatic nitrogens is 2. The van der Waals surface area contributed by atoms with Gasteiger partial charge >= 0.3 is 0 Å². The second-order valence-electron chi connectivity index (χ2n) is 4.52. The molecule has 0 radical (unpaired) electrons. The molecule has 0 aliphatic carbocycles. The minimum absolute atomic E-state index is 0.0640. The number of aliphatic hydroxyl groups excluding tert-OH is 1. The summed E-state index contributed by atoms with van der Waals surface area (Å²) in [6.45, 7) is 1.83. The molecule has 108 valence electrons. The van der Waals surface area contributed by atoms with Crippen molar-refractivity contribution in [3.05, 3.63) is 40.5 Å². The molecule has 20 heavy (non-hydrogen) atoms. The number of ether oxygens (including phenoxy) is 1. The summed E-state index contributed by atoms with van der Waals surface area (Å²) in [7, 11) is 3.41. The van der Waals surface area contributed by atoms with Crippen molar-refractivity contribution < 1.29 is 9.84 Å². The van der Waals surface area contributed by atoms with E-state index in [0.29, 0.717) is 10.9 Å². The largest absolute Gasteiger partial charge is 0.481 e. The van der Waals surface area contributed by atoms with E-state index in [1.165, 1.54) is 0 Å². The maximum absolute atomic E-state index is 9.67.